The van der Waals surface area contributed by atoms with Gasteiger partial charge in [0.15, 0.2) is 0 Å². The topological polar surface area (TPSA) is 32.3 Å². The van der Waals surface area contributed by atoms with Gasteiger partial charge < -0.3 is 5.32 Å². The molecule has 1 unspecified atom stereocenters. The summed E-state index contributed by atoms with van der Waals surface area (Å²) >= 11 is 0. The van der Waals surface area contributed by atoms with Crippen molar-refractivity contribution in [1.82, 2.24) is 10.2 Å². The van der Waals surface area contributed by atoms with Crippen LogP contribution < -0.4 is 5.32 Å². The van der Waals surface area contributed by atoms with Gasteiger partial charge in [-0.1, -0.05) is 24.3 Å². The molecule has 1 aliphatic carbocycles. The first-order chi connectivity index (χ1) is 9.78. The number of aryl methyl sites for hydroxylation is 1. The Morgan fingerprint density at radius 2 is 2.00 bits per heavy atom. The van der Waals surface area contributed by atoms with Crippen molar-refractivity contribution < 1.29 is 4.79 Å². The predicted molar refractivity (Wildman–Crippen MR) is 80.7 cm³/mol. The Bertz CT molecular complexity index is 478. The largest absolute Gasteiger partial charge is 0.358 e. The summed E-state index contributed by atoms with van der Waals surface area (Å²) in [5.41, 5.74) is 3.16. The number of likely N-dealkylation sites (tertiary alicyclic amines) is 1. The normalized spacial score (nSPS) is 23.6. The van der Waals surface area contributed by atoms with Gasteiger partial charge in [0.25, 0.3) is 0 Å². The van der Waals surface area contributed by atoms with Gasteiger partial charge in [0.1, 0.15) is 0 Å². The van der Waals surface area contributed by atoms with Gasteiger partial charge in [0, 0.05) is 7.05 Å². The second kappa shape index (κ2) is 5.96. The highest BCUT2D eigenvalue weighted by molar-refractivity contribution is 5.77. The molecular weight excluding hydrogens is 248 g/mol. The zero-order valence-electron chi connectivity index (χ0n) is 12.3. The molecule has 3 rings (SSSR count). The van der Waals surface area contributed by atoms with E-state index in [4.69, 9.17) is 0 Å². The maximum absolute atomic E-state index is 11.4. The van der Waals surface area contributed by atoms with Gasteiger partial charge in [-0.15, -0.1) is 0 Å². The number of benzene rings is 1. The summed E-state index contributed by atoms with van der Waals surface area (Å²) in [7, 11) is 1.71. The van der Waals surface area contributed by atoms with Crippen LogP contribution in [0.5, 0.6) is 0 Å². The zero-order chi connectivity index (χ0) is 13.9. The molecule has 108 valence electrons. The summed E-state index contributed by atoms with van der Waals surface area (Å²) in [5, 5.41) is 2.71. The van der Waals surface area contributed by atoms with Crippen molar-refractivity contribution in [3.63, 3.8) is 0 Å². The third-order valence-electron chi connectivity index (χ3n) is 5.03. The number of carbonyl (C=O) groups excluding carboxylic acids is 1. The second-order valence-corrected chi connectivity index (χ2v) is 6.13. The van der Waals surface area contributed by atoms with Crippen LogP contribution in [-0.2, 0) is 11.2 Å². The van der Waals surface area contributed by atoms with E-state index in [-0.39, 0.29) is 5.91 Å². The first-order valence-electron chi connectivity index (χ1n) is 7.78. The fourth-order valence-electron chi connectivity index (χ4n) is 3.88. The van der Waals surface area contributed by atoms with Crippen molar-refractivity contribution in [3.05, 3.63) is 35.4 Å². The lowest BCUT2D eigenvalue weighted by molar-refractivity contribution is -0.122. The third kappa shape index (κ3) is 2.73. The fourth-order valence-corrected chi connectivity index (χ4v) is 3.88. The summed E-state index contributed by atoms with van der Waals surface area (Å²) in [6.45, 7) is 2.69. The quantitative estimate of drug-likeness (QED) is 0.914. The molecule has 1 fully saturated rings. The molecule has 0 saturated carbocycles. The predicted octanol–water partition coefficient (Wildman–Crippen LogP) is 2.17. The number of fused-ring (bicyclic) bond motifs is 1. The molecule has 3 nitrogen and oxygen atoms in total. The van der Waals surface area contributed by atoms with Crippen molar-refractivity contribution in [1.29, 1.82) is 0 Å². The molecular formula is C17H24N2O. The standard InChI is InChI=1S/C17H24N2O/c1-18-17(20)12-19-10-8-14(9-11-19)16-7-6-13-4-2-3-5-15(13)16/h2-5,14,16H,6-12H2,1H3,(H,18,20). The van der Waals surface area contributed by atoms with Gasteiger partial charge in [-0.25, -0.2) is 0 Å². The average Bonchev–Trinajstić information content (AvgIpc) is 2.92. The van der Waals surface area contributed by atoms with Crippen LogP contribution >= 0.6 is 0 Å². The molecule has 1 aromatic rings. The maximum Gasteiger partial charge on any atom is 0.233 e. The molecule has 1 amide bonds. The molecule has 2 aliphatic rings. The Labute approximate surface area is 121 Å². The van der Waals surface area contributed by atoms with Gasteiger partial charge in [-0.05, 0) is 61.7 Å². The Balaban J connectivity index is 1.58. The molecule has 1 saturated heterocycles. The van der Waals surface area contributed by atoms with Crippen LogP contribution in [0.15, 0.2) is 24.3 Å². The van der Waals surface area contributed by atoms with Gasteiger partial charge in [-0.3, -0.25) is 9.69 Å². The number of rotatable bonds is 3. The minimum atomic E-state index is 0.134. The zero-order valence-corrected chi connectivity index (χ0v) is 12.3. The molecule has 0 bridgehead atoms. The lowest BCUT2D eigenvalue weighted by Gasteiger charge is -2.34. The number of likely N-dealkylation sites (N-methyl/N-ethyl adjacent to an activating group) is 1. The maximum atomic E-state index is 11.4. The fraction of sp³-hybridized carbons (Fsp3) is 0.588. The van der Waals surface area contributed by atoms with Crippen molar-refractivity contribution in [2.45, 2.75) is 31.6 Å². The summed E-state index contributed by atoms with van der Waals surface area (Å²) in [5.74, 6) is 1.70. The smallest absolute Gasteiger partial charge is 0.233 e. The van der Waals surface area contributed by atoms with E-state index in [2.05, 4.69) is 34.5 Å². The molecule has 1 atom stereocenters. The van der Waals surface area contributed by atoms with Crippen molar-refractivity contribution in [3.8, 4) is 0 Å². The number of nitrogens with one attached hydrogen (secondary N) is 1. The van der Waals surface area contributed by atoms with Gasteiger partial charge >= 0.3 is 0 Å². The van der Waals surface area contributed by atoms with E-state index in [0.29, 0.717) is 6.54 Å². The van der Waals surface area contributed by atoms with Gasteiger partial charge in [0.2, 0.25) is 5.91 Å². The van der Waals surface area contributed by atoms with Crippen LogP contribution in [0, 0.1) is 5.92 Å². The van der Waals surface area contributed by atoms with E-state index < -0.39 is 0 Å². The number of carbonyl (C=O) groups is 1. The molecule has 1 heterocycles. The minimum absolute atomic E-state index is 0.134. The average molecular weight is 272 g/mol. The SMILES string of the molecule is CNC(=O)CN1CCC(C2CCc3ccccc32)CC1. The van der Waals surface area contributed by atoms with Gasteiger partial charge in [-0.2, -0.15) is 0 Å². The molecule has 1 aromatic carbocycles. The Hall–Kier alpha value is -1.35. The summed E-state index contributed by atoms with van der Waals surface area (Å²) in [4.78, 5) is 13.7. The molecule has 1 aliphatic heterocycles. The summed E-state index contributed by atoms with van der Waals surface area (Å²) in [6, 6.07) is 8.95. The van der Waals surface area contributed by atoms with Gasteiger partial charge in [0.05, 0.1) is 6.54 Å². The Morgan fingerprint density at radius 1 is 1.25 bits per heavy atom. The monoisotopic (exact) mass is 272 g/mol. The van der Waals surface area contributed by atoms with Crippen LogP contribution in [0.4, 0.5) is 0 Å². The third-order valence-corrected chi connectivity index (χ3v) is 5.03. The van der Waals surface area contributed by atoms with Crippen LogP contribution in [0.3, 0.4) is 0 Å². The molecule has 0 aromatic heterocycles. The molecule has 0 radical (unpaired) electrons. The highest BCUT2D eigenvalue weighted by Gasteiger charge is 2.32. The minimum Gasteiger partial charge on any atom is -0.358 e. The number of amides is 1. The van der Waals surface area contributed by atoms with E-state index in [1.54, 1.807) is 18.2 Å². The molecule has 20 heavy (non-hydrogen) atoms. The Morgan fingerprint density at radius 3 is 2.75 bits per heavy atom. The van der Waals surface area contributed by atoms with E-state index in [9.17, 15) is 4.79 Å². The number of hydrogen-bond acceptors (Lipinski definition) is 2. The molecule has 0 spiro atoms. The second-order valence-electron chi connectivity index (χ2n) is 6.13. The van der Waals surface area contributed by atoms with Crippen molar-refractivity contribution in [2.24, 2.45) is 5.92 Å². The van der Waals surface area contributed by atoms with E-state index >= 15 is 0 Å². The lowest BCUT2D eigenvalue weighted by Crippen LogP contribution is -2.41. The van der Waals surface area contributed by atoms with E-state index in [1.165, 1.54) is 25.7 Å². The van der Waals surface area contributed by atoms with Crippen LogP contribution in [-0.4, -0.2) is 37.5 Å². The van der Waals surface area contributed by atoms with E-state index in [1.807, 2.05) is 0 Å². The van der Waals surface area contributed by atoms with Crippen LogP contribution in [0.25, 0.3) is 0 Å². The lowest BCUT2D eigenvalue weighted by atomic mass is 9.81. The van der Waals surface area contributed by atoms with Crippen molar-refractivity contribution >= 4 is 5.91 Å². The summed E-state index contributed by atoms with van der Waals surface area (Å²) < 4.78 is 0. The first kappa shape index (κ1) is 13.6. The molecule has 3 heteroatoms. The molecule has 1 N–H and O–H groups in total. The first-order valence-corrected chi connectivity index (χ1v) is 7.78. The number of piperidine rings is 1. The number of nitrogens with zero attached hydrogens (tertiary/aromatic N) is 1. The van der Waals surface area contributed by atoms with E-state index in [0.717, 1.165) is 24.9 Å². The summed E-state index contributed by atoms with van der Waals surface area (Å²) in [6.07, 6.45) is 5.03. The Kier molecular flexibility index (Phi) is 4.06. The highest BCUT2D eigenvalue weighted by atomic mass is 16.1. The highest BCUT2D eigenvalue weighted by Crippen LogP contribution is 2.42. The van der Waals surface area contributed by atoms with Crippen molar-refractivity contribution in [2.75, 3.05) is 26.7 Å². The van der Waals surface area contributed by atoms with Crippen LogP contribution in [0.2, 0.25) is 0 Å². The van der Waals surface area contributed by atoms with Crippen LogP contribution in [0.1, 0.15) is 36.3 Å². The number of hydrogen-bond donors (Lipinski definition) is 1.